The van der Waals surface area contributed by atoms with Crippen molar-refractivity contribution in [2.24, 2.45) is 0 Å². The fraction of sp³-hybridized carbons (Fsp3) is 0.636. The second kappa shape index (κ2) is 4.91. The van der Waals surface area contributed by atoms with Gasteiger partial charge in [-0.15, -0.1) is 5.10 Å². The van der Waals surface area contributed by atoms with Crippen molar-refractivity contribution in [1.29, 1.82) is 0 Å². The molecule has 1 N–H and O–H groups in total. The van der Waals surface area contributed by atoms with Crippen LogP contribution in [-0.2, 0) is 10.2 Å². The van der Waals surface area contributed by atoms with Gasteiger partial charge in [0.05, 0.1) is 11.7 Å². The van der Waals surface area contributed by atoms with Crippen LogP contribution >= 0.6 is 11.5 Å². The fourth-order valence-electron chi connectivity index (χ4n) is 1.19. The van der Waals surface area contributed by atoms with Crippen LogP contribution in [0.15, 0.2) is 0 Å². The van der Waals surface area contributed by atoms with Gasteiger partial charge in [-0.1, -0.05) is 25.3 Å². The summed E-state index contributed by atoms with van der Waals surface area (Å²) in [4.78, 5) is 23.5. The molecule has 0 aliphatic heterocycles. The molecule has 1 amide bonds. The molecule has 6 heteroatoms. The van der Waals surface area contributed by atoms with E-state index in [1.165, 1.54) is 6.92 Å². The Hall–Kier alpha value is -1.30. The smallest absolute Gasteiger partial charge is 0.265 e. The first-order valence-corrected chi connectivity index (χ1v) is 6.15. The van der Waals surface area contributed by atoms with Gasteiger partial charge in [-0.05, 0) is 25.4 Å². The summed E-state index contributed by atoms with van der Waals surface area (Å²) >= 11 is 1.05. The Kier molecular flexibility index (Phi) is 3.98. The molecule has 0 saturated carbocycles. The van der Waals surface area contributed by atoms with Gasteiger partial charge in [-0.25, -0.2) is 0 Å². The third-order valence-corrected chi connectivity index (χ3v) is 3.09. The summed E-state index contributed by atoms with van der Waals surface area (Å²) in [6.45, 7) is 9.00. The predicted octanol–water partition coefficient (Wildman–Crippen LogP) is 1.54. The van der Waals surface area contributed by atoms with E-state index in [1.54, 1.807) is 6.92 Å². The van der Waals surface area contributed by atoms with Crippen LogP contribution in [0, 0.1) is 0 Å². The zero-order valence-electron chi connectivity index (χ0n) is 10.7. The lowest BCUT2D eigenvalue weighted by Gasteiger charge is -2.17. The molecular formula is C11H17N3O2S. The van der Waals surface area contributed by atoms with Gasteiger partial charge in [0.2, 0.25) is 0 Å². The van der Waals surface area contributed by atoms with Gasteiger partial charge >= 0.3 is 0 Å². The maximum Gasteiger partial charge on any atom is 0.265 e. The van der Waals surface area contributed by atoms with Crippen molar-refractivity contribution in [2.75, 3.05) is 0 Å². The number of hydrogen-bond acceptors (Lipinski definition) is 5. The molecule has 0 bridgehead atoms. The van der Waals surface area contributed by atoms with Gasteiger partial charge in [0.15, 0.2) is 5.78 Å². The third-order valence-electron chi connectivity index (χ3n) is 2.36. The third kappa shape index (κ3) is 3.33. The van der Waals surface area contributed by atoms with Crippen LogP contribution < -0.4 is 5.32 Å². The molecule has 0 aliphatic carbocycles. The van der Waals surface area contributed by atoms with Gasteiger partial charge in [0.1, 0.15) is 4.88 Å². The standard InChI is InChI=1S/C11H17N3O2S/c1-6(7(2)15)12-10(16)8-9(11(3,4)5)13-14-17-8/h6H,1-5H3,(H,12,16). The van der Waals surface area contributed by atoms with Gasteiger partial charge in [-0.2, -0.15) is 0 Å². The molecule has 0 spiro atoms. The number of hydrogen-bond donors (Lipinski definition) is 1. The molecular weight excluding hydrogens is 238 g/mol. The van der Waals surface area contributed by atoms with Crippen molar-refractivity contribution in [3.63, 3.8) is 0 Å². The van der Waals surface area contributed by atoms with Crippen molar-refractivity contribution in [3.8, 4) is 0 Å². The summed E-state index contributed by atoms with van der Waals surface area (Å²) in [5.74, 6) is -0.360. The largest absolute Gasteiger partial charge is 0.342 e. The van der Waals surface area contributed by atoms with E-state index in [0.717, 1.165) is 11.5 Å². The molecule has 0 aromatic carbocycles. The van der Waals surface area contributed by atoms with E-state index in [2.05, 4.69) is 14.9 Å². The molecule has 1 unspecified atom stereocenters. The Morgan fingerprint density at radius 1 is 1.35 bits per heavy atom. The average molecular weight is 255 g/mol. The number of carbonyl (C=O) groups is 2. The first-order valence-electron chi connectivity index (χ1n) is 5.37. The molecule has 0 radical (unpaired) electrons. The summed E-state index contributed by atoms with van der Waals surface area (Å²) in [5, 5.41) is 6.62. The molecule has 0 saturated heterocycles. The number of ketones is 1. The summed E-state index contributed by atoms with van der Waals surface area (Å²) in [5.41, 5.74) is 0.426. The molecule has 1 rings (SSSR count). The minimum atomic E-state index is -0.489. The Labute approximate surface area is 105 Å². The van der Waals surface area contributed by atoms with Crippen LogP contribution in [0.3, 0.4) is 0 Å². The van der Waals surface area contributed by atoms with Crippen molar-refractivity contribution in [2.45, 2.75) is 46.1 Å². The van der Waals surface area contributed by atoms with E-state index in [-0.39, 0.29) is 17.1 Å². The van der Waals surface area contributed by atoms with Crippen molar-refractivity contribution >= 4 is 23.2 Å². The highest BCUT2D eigenvalue weighted by molar-refractivity contribution is 7.08. The molecule has 94 valence electrons. The van der Waals surface area contributed by atoms with Crippen LogP contribution in [0.2, 0.25) is 0 Å². The first-order chi connectivity index (χ1) is 7.73. The molecule has 1 heterocycles. The molecule has 17 heavy (non-hydrogen) atoms. The summed E-state index contributed by atoms with van der Waals surface area (Å²) in [6, 6.07) is -0.489. The number of carbonyl (C=O) groups excluding carboxylic acids is 2. The van der Waals surface area contributed by atoms with Gasteiger partial charge < -0.3 is 5.32 Å². The minimum absolute atomic E-state index is 0.0758. The quantitative estimate of drug-likeness (QED) is 0.889. The number of nitrogens with zero attached hydrogens (tertiary/aromatic N) is 2. The molecule has 1 aromatic rings. The van der Waals surface area contributed by atoms with Gasteiger partial charge in [-0.3, -0.25) is 9.59 Å². The zero-order valence-corrected chi connectivity index (χ0v) is 11.5. The second-order valence-corrected chi connectivity index (χ2v) is 5.76. The normalized spacial score (nSPS) is 13.2. The van der Waals surface area contributed by atoms with Crippen LogP contribution in [0.5, 0.6) is 0 Å². The number of amides is 1. The number of nitrogens with one attached hydrogen (secondary N) is 1. The summed E-state index contributed by atoms with van der Waals surface area (Å²) in [6.07, 6.45) is 0. The van der Waals surface area contributed by atoms with E-state index in [4.69, 9.17) is 0 Å². The lowest BCUT2D eigenvalue weighted by atomic mass is 9.91. The highest BCUT2D eigenvalue weighted by atomic mass is 32.1. The zero-order chi connectivity index (χ0) is 13.2. The second-order valence-electron chi connectivity index (χ2n) is 5.01. The van der Waals surface area contributed by atoms with Crippen molar-refractivity contribution < 1.29 is 9.59 Å². The number of aromatic nitrogens is 2. The first kappa shape index (κ1) is 13.8. The van der Waals surface area contributed by atoms with Crippen LogP contribution in [0.25, 0.3) is 0 Å². The average Bonchev–Trinajstić information content (AvgIpc) is 2.64. The van der Waals surface area contributed by atoms with Crippen LogP contribution in [0.1, 0.15) is 50.0 Å². The van der Waals surface area contributed by atoms with E-state index >= 15 is 0 Å². The maximum atomic E-state index is 12.0. The van der Waals surface area contributed by atoms with Crippen molar-refractivity contribution in [1.82, 2.24) is 14.9 Å². The van der Waals surface area contributed by atoms with Gasteiger partial charge in [0, 0.05) is 5.41 Å². The summed E-state index contributed by atoms with van der Waals surface area (Å²) < 4.78 is 3.81. The summed E-state index contributed by atoms with van der Waals surface area (Å²) in [7, 11) is 0. The number of rotatable bonds is 3. The monoisotopic (exact) mass is 255 g/mol. The number of Topliss-reactive ketones (excluding diaryl/α,β-unsaturated/α-hetero) is 1. The van der Waals surface area contributed by atoms with E-state index < -0.39 is 6.04 Å². The van der Waals surface area contributed by atoms with Gasteiger partial charge in [0.25, 0.3) is 5.91 Å². The van der Waals surface area contributed by atoms with Crippen LogP contribution in [-0.4, -0.2) is 27.3 Å². The van der Waals surface area contributed by atoms with Crippen LogP contribution in [0.4, 0.5) is 0 Å². The topological polar surface area (TPSA) is 72.0 Å². The van der Waals surface area contributed by atoms with Crippen molar-refractivity contribution in [3.05, 3.63) is 10.6 Å². The lowest BCUT2D eigenvalue weighted by molar-refractivity contribution is -0.118. The maximum absolute atomic E-state index is 12.0. The highest BCUT2D eigenvalue weighted by Crippen LogP contribution is 2.25. The molecule has 1 aromatic heterocycles. The molecule has 5 nitrogen and oxygen atoms in total. The SMILES string of the molecule is CC(=O)C(C)NC(=O)c1snnc1C(C)(C)C. The lowest BCUT2D eigenvalue weighted by Crippen LogP contribution is -2.37. The Bertz CT molecular complexity index is 434. The fourth-order valence-corrected chi connectivity index (χ4v) is 1.97. The van der Waals surface area contributed by atoms with E-state index in [0.29, 0.717) is 10.6 Å². The molecule has 1 atom stereocenters. The van der Waals surface area contributed by atoms with E-state index in [1.807, 2.05) is 20.8 Å². The Balaban J connectivity index is 2.91. The predicted molar refractivity (Wildman–Crippen MR) is 66.2 cm³/mol. The Morgan fingerprint density at radius 2 is 1.94 bits per heavy atom. The Morgan fingerprint density at radius 3 is 2.41 bits per heavy atom. The van der Waals surface area contributed by atoms with E-state index in [9.17, 15) is 9.59 Å². The minimum Gasteiger partial charge on any atom is -0.342 e. The molecule has 0 aliphatic rings. The highest BCUT2D eigenvalue weighted by Gasteiger charge is 2.27. The molecule has 0 fully saturated rings.